The van der Waals surface area contributed by atoms with Crippen LogP contribution in [0, 0.1) is 5.92 Å². The van der Waals surface area contributed by atoms with Crippen LogP contribution in [-0.2, 0) is 19.3 Å². The Labute approximate surface area is 80.2 Å². The summed E-state index contributed by atoms with van der Waals surface area (Å²) in [5, 5.41) is 0. The molecular formula is C12H17N. The number of aromatic nitrogens is 1. The fraction of sp³-hybridized carbons (Fsp3) is 0.583. The van der Waals surface area contributed by atoms with Crippen LogP contribution in [-0.4, -0.2) is 4.98 Å². The van der Waals surface area contributed by atoms with E-state index < -0.39 is 0 Å². The first-order valence-electron chi connectivity index (χ1n) is 5.22. The standard InChI is InChI=1S/C12H17N/c1-9(2)6-10-7-11-4-3-5-12(11)13-8-10/h7-9H,3-6H2,1-2H3. The lowest BCUT2D eigenvalue weighted by Crippen LogP contribution is -1.97. The summed E-state index contributed by atoms with van der Waals surface area (Å²) in [7, 11) is 0. The zero-order chi connectivity index (χ0) is 9.26. The van der Waals surface area contributed by atoms with Crippen molar-refractivity contribution in [2.75, 3.05) is 0 Å². The first kappa shape index (κ1) is 8.74. The van der Waals surface area contributed by atoms with E-state index in [0.29, 0.717) is 0 Å². The Kier molecular flexibility index (Phi) is 2.34. The molecule has 0 aromatic carbocycles. The lowest BCUT2D eigenvalue weighted by atomic mass is 10.0. The third kappa shape index (κ3) is 1.90. The Bertz CT molecular complexity index is 302. The van der Waals surface area contributed by atoms with E-state index in [2.05, 4.69) is 31.1 Å². The van der Waals surface area contributed by atoms with E-state index in [1.165, 1.54) is 42.5 Å². The molecule has 1 aromatic rings. The molecule has 2 rings (SSSR count). The fourth-order valence-electron chi connectivity index (χ4n) is 2.06. The molecule has 1 heteroatoms. The zero-order valence-electron chi connectivity index (χ0n) is 8.51. The Balaban J connectivity index is 2.21. The van der Waals surface area contributed by atoms with Crippen molar-refractivity contribution in [3.05, 3.63) is 29.1 Å². The van der Waals surface area contributed by atoms with E-state index in [9.17, 15) is 0 Å². The molecule has 0 aliphatic heterocycles. The van der Waals surface area contributed by atoms with Crippen molar-refractivity contribution >= 4 is 0 Å². The predicted octanol–water partition coefficient (Wildman–Crippen LogP) is 2.77. The Morgan fingerprint density at radius 3 is 3.00 bits per heavy atom. The lowest BCUT2D eigenvalue weighted by Gasteiger charge is -2.06. The molecule has 0 fully saturated rings. The minimum atomic E-state index is 0.737. The van der Waals surface area contributed by atoms with Gasteiger partial charge in [0.1, 0.15) is 0 Å². The summed E-state index contributed by atoms with van der Waals surface area (Å²) in [6.07, 6.45) is 6.96. The molecule has 0 saturated carbocycles. The second-order valence-electron chi connectivity index (χ2n) is 4.40. The van der Waals surface area contributed by atoms with Gasteiger partial charge in [-0.1, -0.05) is 19.9 Å². The summed E-state index contributed by atoms with van der Waals surface area (Å²) in [5.74, 6) is 0.737. The summed E-state index contributed by atoms with van der Waals surface area (Å²) < 4.78 is 0. The van der Waals surface area contributed by atoms with E-state index in [1.807, 2.05) is 0 Å². The largest absolute Gasteiger partial charge is 0.261 e. The fourth-order valence-corrected chi connectivity index (χ4v) is 2.06. The van der Waals surface area contributed by atoms with Gasteiger partial charge in [0, 0.05) is 11.9 Å². The molecule has 0 atom stereocenters. The van der Waals surface area contributed by atoms with Crippen molar-refractivity contribution in [2.45, 2.75) is 39.5 Å². The third-order valence-corrected chi connectivity index (χ3v) is 2.62. The molecule has 0 N–H and O–H groups in total. The number of nitrogens with zero attached hydrogens (tertiary/aromatic N) is 1. The van der Waals surface area contributed by atoms with Gasteiger partial charge in [-0.25, -0.2) is 0 Å². The maximum Gasteiger partial charge on any atom is 0.0435 e. The normalized spacial score (nSPS) is 15.0. The van der Waals surface area contributed by atoms with Crippen molar-refractivity contribution in [3.63, 3.8) is 0 Å². The van der Waals surface area contributed by atoms with Gasteiger partial charge in [0.05, 0.1) is 0 Å². The maximum absolute atomic E-state index is 4.51. The second-order valence-corrected chi connectivity index (χ2v) is 4.40. The van der Waals surface area contributed by atoms with Crippen molar-refractivity contribution in [3.8, 4) is 0 Å². The molecule has 0 unspecified atom stereocenters. The van der Waals surface area contributed by atoms with Gasteiger partial charge in [-0.2, -0.15) is 0 Å². The lowest BCUT2D eigenvalue weighted by molar-refractivity contribution is 0.645. The first-order valence-corrected chi connectivity index (χ1v) is 5.22. The van der Waals surface area contributed by atoms with Crippen molar-refractivity contribution < 1.29 is 0 Å². The molecule has 1 aromatic heterocycles. The number of hydrogen-bond donors (Lipinski definition) is 0. The zero-order valence-corrected chi connectivity index (χ0v) is 8.51. The van der Waals surface area contributed by atoms with Gasteiger partial charge in [0.25, 0.3) is 0 Å². The number of pyridine rings is 1. The van der Waals surface area contributed by atoms with Gasteiger partial charge in [-0.3, -0.25) is 4.98 Å². The highest BCUT2D eigenvalue weighted by Gasteiger charge is 2.12. The van der Waals surface area contributed by atoms with Crippen LogP contribution < -0.4 is 0 Å². The molecule has 0 spiro atoms. The monoisotopic (exact) mass is 175 g/mol. The summed E-state index contributed by atoms with van der Waals surface area (Å²) in [4.78, 5) is 4.51. The van der Waals surface area contributed by atoms with Gasteiger partial charge in [-0.15, -0.1) is 0 Å². The molecule has 0 amide bonds. The van der Waals surface area contributed by atoms with Gasteiger partial charge < -0.3 is 0 Å². The Morgan fingerprint density at radius 1 is 1.38 bits per heavy atom. The van der Waals surface area contributed by atoms with Gasteiger partial charge in [0.2, 0.25) is 0 Å². The Hall–Kier alpha value is -0.850. The maximum atomic E-state index is 4.51. The van der Waals surface area contributed by atoms with Crippen LogP contribution in [0.1, 0.15) is 37.1 Å². The summed E-state index contributed by atoms with van der Waals surface area (Å²) in [6, 6.07) is 2.36. The molecule has 1 aliphatic carbocycles. The average molecular weight is 175 g/mol. The Morgan fingerprint density at radius 2 is 2.23 bits per heavy atom. The van der Waals surface area contributed by atoms with Crippen LogP contribution in [0.2, 0.25) is 0 Å². The molecule has 13 heavy (non-hydrogen) atoms. The molecule has 0 bridgehead atoms. The topological polar surface area (TPSA) is 12.9 Å². The van der Waals surface area contributed by atoms with E-state index in [-0.39, 0.29) is 0 Å². The predicted molar refractivity (Wildman–Crippen MR) is 54.8 cm³/mol. The van der Waals surface area contributed by atoms with Gasteiger partial charge in [0.15, 0.2) is 0 Å². The minimum absolute atomic E-state index is 0.737. The molecule has 70 valence electrons. The number of fused-ring (bicyclic) bond motifs is 1. The van der Waals surface area contributed by atoms with Crippen LogP contribution in [0.3, 0.4) is 0 Å². The third-order valence-electron chi connectivity index (χ3n) is 2.62. The molecule has 0 radical (unpaired) electrons. The average Bonchev–Trinajstić information content (AvgIpc) is 2.49. The molecule has 1 nitrogen and oxygen atoms in total. The summed E-state index contributed by atoms with van der Waals surface area (Å²) >= 11 is 0. The number of hydrogen-bond acceptors (Lipinski definition) is 1. The second kappa shape index (κ2) is 3.49. The van der Waals surface area contributed by atoms with E-state index in [4.69, 9.17) is 0 Å². The highest BCUT2D eigenvalue weighted by Crippen LogP contribution is 2.21. The number of rotatable bonds is 2. The molecule has 0 saturated heterocycles. The van der Waals surface area contributed by atoms with Gasteiger partial charge in [-0.05, 0) is 42.7 Å². The molecule has 1 aliphatic rings. The summed E-state index contributed by atoms with van der Waals surface area (Å²) in [5.41, 5.74) is 4.25. The van der Waals surface area contributed by atoms with Crippen molar-refractivity contribution in [2.24, 2.45) is 5.92 Å². The van der Waals surface area contributed by atoms with E-state index >= 15 is 0 Å². The quantitative estimate of drug-likeness (QED) is 0.673. The van der Waals surface area contributed by atoms with E-state index in [1.54, 1.807) is 0 Å². The summed E-state index contributed by atoms with van der Waals surface area (Å²) in [6.45, 7) is 4.51. The SMILES string of the molecule is CC(C)Cc1cnc2c(c1)CCC2. The van der Waals surface area contributed by atoms with Gasteiger partial charge >= 0.3 is 0 Å². The minimum Gasteiger partial charge on any atom is -0.261 e. The molecular weight excluding hydrogens is 158 g/mol. The first-order chi connectivity index (χ1) is 6.25. The van der Waals surface area contributed by atoms with E-state index in [0.717, 1.165) is 5.92 Å². The van der Waals surface area contributed by atoms with Crippen LogP contribution >= 0.6 is 0 Å². The van der Waals surface area contributed by atoms with Crippen LogP contribution in [0.4, 0.5) is 0 Å². The number of aryl methyl sites for hydroxylation is 2. The van der Waals surface area contributed by atoms with Crippen molar-refractivity contribution in [1.29, 1.82) is 0 Å². The van der Waals surface area contributed by atoms with Crippen LogP contribution in [0.5, 0.6) is 0 Å². The highest BCUT2D eigenvalue weighted by atomic mass is 14.7. The van der Waals surface area contributed by atoms with Crippen LogP contribution in [0.15, 0.2) is 12.3 Å². The highest BCUT2D eigenvalue weighted by molar-refractivity contribution is 5.29. The molecule has 1 heterocycles. The smallest absolute Gasteiger partial charge is 0.0435 e. The van der Waals surface area contributed by atoms with Crippen molar-refractivity contribution in [1.82, 2.24) is 4.98 Å². The van der Waals surface area contributed by atoms with Crippen LogP contribution in [0.25, 0.3) is 0 Å².